The molecule has 608 valence electrons. The molecule has 34 heteroatoms. The summed E-state index contributed by atoms with van der Waals surface area (Å²) in [5.41, 5.74) is 1.29. The fourth-order valence-corrected chi connectivity index (χ4v) is 8.45. The molecule has 0 atom stereocenters. The van der Waals surface area contributed by atoms with E-state index in [4.69, 9.17) is 133 Å². The van der Waals surface area contributed by atoms with Crippen LogP contribution in [-0.2, 0) is 104 Å². The summed E-state index contributed by atoms with van der Waals surface area (Å²) in [7, 11) is 9.55. The SMILES string of the molecule is COCCOCCOCCOc1cc(C(=O)OCCOC(=O)c2ccc(N=Nc3ccc(C(=O)OCCOC(=O)c4cc(OCCOCCOCCOC)c(OCCOCCOCCOC)c(OCCOCCOCCOC)c4)cc3)cc2)cc(OCCOCCOCCOC)c1OCCOCCOCCOC. The molecule has 0 saturated heterocycles. The lowest BCUT2D eigenvalue weighted by Crippen LogP contribution is -2.17. The Balaban J connectivity index is 1.33. The van der Waals surface area contributed by atoms with E-state index < -0.39 is 23.9 Å². The molecule has 0 spiro atoms. The molecule has 34 nitrogen and oxygen atoms in total. The second-order valence-corrected chi connectivity index (χ2v) is 21.8. The Morgan fingerprint density at radius 3 is 0.593 bits per heavy atom. The lowest BCUT2D eigenvalue weighted by Gasteiger charge is -2.19. The molecular formula is C74H110N2O32. The molecule has 4 aromatic carbocycles. The summed E-state index contributed by atoms with van der Waals surface area (Å²) >= 11 is 0. The van der Waals surface area contributed by atoms with Crippen LogP contribution < -0.4 is 28.4 Å². The van der Waals surface area contributed by atoms with Crippen molar-refractivity contribution in [3.05, 3.63) is 95.1 Å². The summed E-state index contributed by atoms with van der Waals surface area (Å²) < 4.78 is 156. The molecule has 0 aliphatic carbocycles. The molecule has 0 amide bonds. The minimum absolute atomic E-state index is 0.0527. The number of carbonyl (C=O) groups is 4. The van der Waals surface area contributed by atoms with Crippen molar-refractivity contribution in [1.29, 1.82) is 0 Å². The Morgan fingerprint density at radius 2 is 0.389 bits per heavy atom. The highest BCUT2D eigenvalue weighted by atomic mass is 16.6. The van der Waals surface area contributed by atoms with Gasteiger partial charge in [0.15, 0.2) is 23.0 Å². The van der Waals surface area contributed by atoms with Gasteiger partial charge in [-0.1, -0.05) is 0 Å². The first kappa shape index (κ1) is 92.8. The summed E-state index contributed by atoms with van der Waals surface area (Å²) in [5.74, 6) is -1.87. The second-order valence-electron chi connectivity index (χ2n) is 21.8. The summed E-state index contributed by atoms with van der Waals surface area (Å²) in [6.07, 6.45) is 0. The molecule has 0 bridgehead atoms. The van der Waals surface area contributed by atoms with Gasteiger partial charge in [0.1, 0.15) is 66.1 Å². The molecule has 0 heterocycles. The predicted molar refractivity (Wildman–Crippen MR) is 385 cm³/mol. The van der Waals surface area contributed by atoms with Crippen LogP contribution in [0.5, 0.6) is 34.5 Å². The van der Waals surface area contributed by atoms with Crippen LogP contribution in [0.3, 0.4) is 0 Å². The van der Waals surface area contributed by atoms with E-state index in [1.165, 1.54) is 48.5 Å². The largest absolute Gasteiger partial charge is 0.487 e. The zero-order chi connectivity index (χ0) is 77.2. The van der Waals surface area contributed by atoms with Crippen molar-refractivity contribution in [2.24, 2.45) is 10.2 Å². The van der Waals surface area contributed by atoms with E-state index in [0.29, 0.717) is 170 Å². The Labute approximate surface area is 631 Å². The van der Waals surface area contributed by atoms with Crippen molar-refractivity contribution in [3.63, 3.8) is 0 Å². The van der Waals surface area contributed by atoms with E-state index in [9.17, 15) is 19.2 Å². The Morgan fingerprint density at radius 1 is 0.213 bits per heavy atom. The number of carbonyl (C=O) groups excluding carboxylic acids is 4. The zero-order valence-electron chi connectivity index (χ0n) is 63.2. The van der Waals surface area contributed by atoms with Crippen molar-refractivity contribution < 1.29 is 152 Å². The first-order chi connectivity index (χ1) is 53.1. The van der Waals surface area contributed by atoms with Crippen LogP contribution in [0.2, 0.25) is 0 Å². The minimum atomic E-state index is -0.769. The average molecular weight is 1540 g/mol. The summed E-state index contributed by atoms with van der Waals surface area (Å²) in [6.45, 7) is 9.71. The Hall–Kier alpha value is -7.56. The molecule has 0 saturated carbocycles. The van der Waals surface area contributed by atoms with Gasteiger partial charge in [0, 0.05) is 42.7 Å². The van der Waals surface area contributed by atoms with Crippen LogP contribution in [0, 0.1) is 0 Å². The maximum absolute atomic E-state index is 13.7. The van der Waals surface area contributed by atoms with Gasteiger partial charge in [0.05, 0.1) is 232 Å². The van der Waals surface area contributed by atoms with Crippen molar-refractivity contribution in [1.82, 2.24) is 0 Å². The van der Waals surface area contributed by atoms with Gasteiger partial charge >= 0.3 is 23.9 Å². The van der Waals surface area contributed by atoms with E-state index in [0.717, 1.165) is 0 Å². The molecule has 0 fully saturated rings. The summed E-state index contributed by atoms with van der Waals surface area (Å²) in [5, 5.41) is 8.50. The number of methoxy groups -OCH3 is 6. The maximum atomic E-state index is 13.7. The number of nitrogens with zero attached hydrogens (tertiary/aromatic N) is 2. The number of hydrogen-bond donors (Lipinski definition) is 0. The van der Waals surface area contributed by atoms with E-state index in [-0.39, 0.29) is 162 Å². The van der Waals surface area contributed by atoms with Gasteiger partial charge < -0.3 is 133 Å². The van der Waals surface area contributed by atoms with Crippen LogP contribution in [0.15, 0.2) is 83.0 Å². The molecule has 0 unspecified atom stereocenters. The van der Waals surface area contributed by atoms with Gasteiger partial charge in [-0.25, -0.2) is 19.2 Å². The van der Waals surface area contributed by atoms with Crippen LogP contribution >= 0.6 is 0 Å². The van der Waals surface area contributed by atoms with Crippen molar-refractivity contribution in [2.75, 3.05) is 307 Å². The lowest BCUT2D eigenvalue weighted by atomic mass is 10.2. The molecule has 0 aromatic heterocycles. The van der Waals surface area contributed by atoms with Gasteiger partial charge in [-0.2, -0.15) is 10.2 Å². The molecule has 4 aromatic rings. The standard InChI is InChI=1S/C74H110N2O32/c1-81-15-21-87-27-33-93-39-45-99-65-55-61(56-66(100-46-40-94-34-28-88-22-16-82-2)69(65)103-49-43-97-37-31-91-25-19-85-5)73(79)107-53-51-105-71(77)59-7-11-63(12-8-59)75-76-64-13-9-60(10-14-64)72(78)106-52-54-108-74(80)62-57-67(101-47-41-95-35-29-89-23-17-83-3)70(104-50-44-98-38-32-92-26-20-86-6)68(58-62)102-48-42-96-36-30-90-24-18-84-4/h7-14,55-58H,15-54H2,1-6H3. The maximum Gasteiger partial charge on any atom is 0.338 e. The quantitative estimate of drug-likeness (QED) is 0.0197. The highest BCUT2D eigenvalue weighted by Gasteiger charge is 2.23. The van der Waals surface area contributed by atoms with E-state index >= 15 is 0 Å². The summed E-state index contributed by atoms with van der Waals surface area (Å²) in [4.78, 5) is 53.5. The number of rotatable bonds is 72. The smallest absolute Gasteiger partial charge is 0.338 e. The van der Waals surface area contributed by atoms with Gasteiger partial charge in [0.2, 0.25) is 11.5 Å². The first-order valence-electron chi connectivity index (χ1n) is 35.5. The topological polar surface area (TPSA) is 351 Å². The van der Waals surface area contributed by atoms with Crippen LogP contribution in [0.1, 0.15) is 41.4 Å². The number of benzene rings is 4. The highest BCUT2D eigenvalue weighted by molar-refractivity contribution is 5.92. The van der Waals surface area contributed by atoms with Crippen molar-refractivity contribution in [3.8, 4) is 34.5 Å². The van der Waals surface area contributed by atoms with Crippen molar-refractivity contribution >= 4 is 35.3 Å². The van der Waals surface area contributed by atoms with Crippen molar-refractivity contribution in [2.45, 2.75) is 0 Å². The number of ether oxygens (including phenoxy) is 28. The van der Waals surface area contributed by atoms with Gasteiger partial charge in [-0.15, -0.1) is 0 Å². The number of esters is 4. The van der Waals surface area contributed by atoms with E-state index in [1.54, 1.807) is 66.9 Å². The van der Waals surface area contributed by atoms with Crippen LogP contribution in [0.25, 0.3) is 0 Å². The van der Waals surface area contributed by atoms with Gasteiger partial charge in [-0.3, -0.25) is 0 Å². The molecule has 0 aliphatic heterocycles. The predicted octanol–water partition coefficient (Wildman–Crippen LogP) is 6.48. The van der Waals surface area contributed by atoms with Gasteiger partial charge in [-0.05, 0) is 72.8 Å². The molecule has 0 aliphatic rings. The lowest BCUT2D eigenvalue weighted by molar-refractivity contribution is 0.0145. The number of hydrogen-bond acceptors (Lipinski definition) is 34. The van der Waals surface area contributed by atoms with Crippen LogP contribution in [-0.4, -0.2) is 331 Å². The monoisotopic (exact) mass is 1540 g/mol. The summed E-state index contributed by atoms with van der Waals surface area (Å²) in [6, 6.07) is 18.1. The minimum Gasteiger partial charge on any atom is -0.487 e. The fraction of sp³-hybridized carbons (Fsp3) is 0.622. The van der Waals surface area contributed by atoms with Gasteiger partial charge in [0.25, 0.3) is 0 Å². The third-order valence-corrected chi connectivity index (χ3v) is 13.8. The zero-order valence-corrected chi connectivity index (χ0v) is 63.2. The molecule has 108 heavy (non-hydrogen) atoms. The number of azo groups is 1. The third kappa shape index (κ3) is 44.2. The fourth-order valence-electron chi connectivity index (χ4n) is 8.45. The Kier molecular flexibility index (Phi) is 55.2. The van der Waals surface area contributed by atoms with E-state index in [2.05, 4.69) is 10.2 Å². The first-order valence-corrected chi connectivity index (χ1v) is 35.5. The van der Waals surface area contributed by atoms with E-state index in [1.807, 2.05) is 0 Å². The molecular weight excluding hydrogens is 1430 g/mol. The average Bonchev–Trinajstić information content (AvgIpc) is 0.822. The molecule has 0 N–H and O–H groups in total. The van der Waals surface area contributed by atoms with Crippen LogP contribution in [0.4, 0.5) is 11.4 Å². The highest BCUT2D eigenvalue weighted by Crippen LogP contribution is 2.41. The Bertz CT molecular complexity index is 2690. The third-order valence-electron chi connectivity index (χ3n) is 13.8. The normalized spacial score (nSPS) is 11.3. The second kappa shape index (κ2) is 64.3. The molecule has 0 radical (unpaired) electrons. The molecule has 4 rings (SSSR count).